The lowest BCUT2D eigenvalue weighted by molar-refractivity contribution is 0.0962. The Morgan fingerprint density at radius 3 is 1.47 bits per heavy atom. The number of hydrogen-bond acceptors (Lipinski definition) is 5. The van der Waals surface area contributed by atoms with Crippen molar-refractivity contribution >= 4 is 7.82 Å². The number of unbranched alkanes of at least 4 members (excludes halogenated alkanes) is 16. The molecule has 0 aliphatic carbocycles. The average Bonchev–Trinajstić information content (AvgIpc) is 2.81. The van der Waals surface area contributed by atoms with Crippen LogP contribution in [0.25, 0.3) is 0 Å². The summed E-state index contributed by atoms with van der Waals surface area (Å²) in [5.74, 6) is 5.57. The highest BCUT2D eigenvalue weighted by atomic mass is 31.2. The maximum Gasteiger partial charge on any atom is 0.491 e. The number of nitrogens with two attached hydrogens (primary N) is 1. The van der Waals surface area contributed by atoms with Crippen molar-refractivity contribution in [1.29, 1.82) is 0 Å². The first-order chi connectivity index (χ1) is 15.6. The lowest BCUT2D eigenvalue weighted by Gasteiger charge is -2.19. The first kappa shape index (κ1) is 32.1. The Balaban J connectivity index is 3.51. The molecule has 5 nitrogen and oxygen atoms in total. The smallest absolute Gasteiger partial charge is 0.286 e. The van der Waals surface area contributed by atoms with Gasteiger partial charge in [0.2, 0.25) is 0 Å². The van der Waals surface area contributed by atoms with E-state index < -0.39 is 7.82 Å². The van der Waals surface area contributed by atoms with Crippen LogP contribution in [-0.2, 0) is 18.2 Å². The number of hydrogen-bond donors (Lipinski definition) is 1. The van der Waals surface area contributed by atoms with Gasteiger partial charge in [-0.2, -0.15) is 0 Å². The molecule has 2 unspecified atom stereocenters. The van der Waals surface area contributed by atoms with Gasteiger partial charge < -0.3 is 0 Å². The molecule has 2 N–H and O–H groups in total. The van der Waals surface area contributed by atoms with Gasteiger partial charge >= 0.3 is 7.82 Å². The Morgan fingerprint density at radius 2 is 1.06 bits per heavy atom. The summed E-state index contributed by atoms with van der Waals surface area (Å²) in [6, 6.07) is 0. The first-order valence-electron chi connectivity index (χ1n) is 13.9. The average molecular weight is 478 g/mol. The summed E-state index contributed by atoms with van der Waals surface area (Å²) in [5, 5.41) is 0. The lowest BCUT2D eigenvalue weighted by atomic mass is 10.0. The molecular weight excluding hydrogens is 421 g/mol. The van der Waals surface area contributed by atoms with Crippen LogP contribution in [0.4, 0.5) is 0 Å². The zero-order valence-corrected chi connectivity index (χ0v) is 22.7. The van der Waals surface area contributed by atoms with Crippen LogP contribution in [0.1, 0.15) is 149 Å². The third kappa shape index (κ3) is 20.7. The van der Waals surface area contributed by atoms with Crippen LogP contribution in [0.5, 0.6) is 0 Å². The summed E-state index contributed by atoms with van der Waals surface area (Å²) in [5.41, 5.74) is 0. The van der Waals surface area contributed by atoms with Crippen molar-refractivity contribution in [2.24, 2.45) is 11.8 Å². The molecule has 0 fully saturated rings. The van der Waals surface area contributed by atoms with E-state index in [0.717, 1.165) is 38.5 Å². The first-order valence-corrected chi connectivity index (χ1v) is 15.4. The largest absolute Gasteiger partial charge is 0.491 e. The molecule has 6 heteroatoms. The van der Waals surface area contributed by atoms with E-state index in [0.29, 0.717) is 19.1 Å². The topological polar surface area (TPSA) is 70.8 Å². The van der Waals surface area contributed by atoms with Crippen LogP contribution in [-0.4, -0.2) is 13.2 Å². The molecule has 0 saturated heterocycles. The molecule has 0 spiro atoms. The molecule has 0 rings (SSSR count). The minimum Gasteiger partial charge on any atom is -0.286 e. The van der Waals surface area contributed by atoms with Crippen molar-refractivity contribution in [3.63, 3.8) is 0 Å². The third-order valence-corrected chi connectivity index (χ3v) is 7.61. The third-order valence-electron chi connectivity index (χ3n) is 6.39. The van der Waals surface area contributed by atoms with Gasteiger partial charge in [-0.15, -0.1) is 0 Å². The van der Waals surface area contributed by atoms with Crippen molar-refractivity contribution in [3.05, 3.63) is 0 Å². The van der Waals surface area contributed by atoms with Crippen LogP contribution in [0, 0.1) is 5.92 Å². The highest BCUT2D eigenvalue weighted by Crippen LogP contribution is 2.48. The van der Waals surface area contributed by atoms with E-state index in [4.69, 9.17) is 14.9 Å². The molecule has 0 saturated carbocycles. The van der Waals surface area contributed by atoms with Gasteiger partial charge in [-0.25, -0.2) is 15.1 Å². The molecule has 0 bridgehead atoms. The predicted octanol–water partition coefficient (Wildman–Crippen LogP) is 9.50. The van der Waals surface area contributed by atoms with Gasteiger partial charge in [0.05, 0.1) is 13.2 Å². The molecule has 0 aliphatic heterocycles. The van der Waals surface area contributed by atoms with Crippen LogP contribution < -0.4 is 5.90 Å². The second-order valence-corrected chi connectivity index (χ2v) is 11.0. The summed E-state index contributed by atoms with van der Waals surface area (Å²) in [6.45, 7) is 7.32. The maximum absolute atomic E-state index is 12.4. The zero-order chi connectivity index (χ0) is 23.8. The van der Waals surface area contributed by atoms with E-state index in [1.807, 2.05) is 0 Å². The molecule has 0 heterocycles. The fourth-order valence-electron chi connectivity index (χ4n) is 4.02. The van der Waals surface area contributed by atoms with E-state index in [9.17, 15) is 4.57 Å². The van der Waals surface area contributed by atoms with Crippen molar-refractivity contribution in [1.82, 2.24) is 0 Å². The quantitative estimate of drug-likeness (QED) is 0.0763. The highest BCUT2D eigenvalue weighted by molar-refractivity contribution is 7.48. The van der Waals surface area contributed by atoms with E-state index in [1.54, 1.807) is 0 Å². The standard InChI is InChI=1S/C26H56NO4P/c1-4-7-9-10-11-12-13-14-15-16-17-18-19-20-21-22-24-29-32(28,31-27)30-25-26(6-3)23-8-5-2/h26H,4-25,27H2,1-3H3. The number of phosphoric ester groups is 1. The Kier molecular flexibility index (Phi) is 24.3. The van der Waals surface area contributed by atoms with Gasteiger partial charge in [0, 0.05) is 0 Å². The predicted molar refractivity (Wildman–Crippen MR) is 138 cm³/mol. The Hall–Kier alpha value is 0.0700. The van der Waals surface area contributed by atoms with Gasteiger partial charge in [0.25, 0.3) is 0 Å². The van der Waals surface area contributed by atoms with Crippen LogP contribution in [0.15, 0.2) is 0 Å². The molecule has 0 aromatic carbocycles. The van der Waals surface area contributed by atoms with Crippen LogP contribution in [0.2, 0.25) is 0 Å². The molecule has 0 amide bonds. The lowest BCUT2D eigenvalue weighted by Crippen LogP contribution is -2.12. The fourth-order valence-corrected chi connectivity index (χ4v) is 4.96. The molecule has 0 aliphatic rings. The zero-order valence-electron chi connectivity index (χ0n) is 21.8. The molecule has 0 radical (unpaired) electrons. The van der Waals surface area contributed by atoms with Gasteiger partial charge in [0.15, 0.2) is 0 Å². The minimum absolute atomic E-state index is 0.373. The Labute approximate surface area is 200 Å². The van der Waals surface area contributed by atoms with Crippen molar-refractivity contribution in [2.75, 3.05) is 13.2 Å². The van der Waals surface area contributed by atoms with Crippen molar-refractivity contribution < 1.29 is 18.2 Å². The Morgan fingerprint density at radius 1 is 0.625 bits per heavy atom. The number of phosphoric acid groups is 1. The van der Waals surface area contributed by atoms with E-state index in [1.165, 1.54) is 89.9 Å². The molecule has 194 valence electrons. The van der Waals surface area contributed by atoms with Gasteiger partial charge in [-0.05, 0) is 18.8 Å². The van der Waals surface area contributed by atoms with Gasteiger partial charge in [-0.3, -0.25) is 9.05 Å². The summed E-state index contributed by atoms with van der Waals surface area (Å²) >= 11 is 0. The number of rotatable bonds is 26. The summed E-state index contributed by atoms with van der Waals surface area (Å²) < 4.78 is 27.8. The minimum atomic E-state index is -3.61. The fraction of sp³-hybridized carbons (Fsp3) is 1.00. The molecular formula is C26H56NO4P. The van der Waals surface area contributed by atoms with Crippen molar-refractivity contribution in [2.45, 2.75) is 149 Å². The molecule has 2 atom stereocenters. The normalized spacial score (nSPS) is 14.5. The summed E-state index contributed by atoms with van der Waals surface area (Å²) in [4.78, 5) is 0. The summed E-state index contributed by atoms with van der Waals surface area (Å²) in [7, 11) is -3.61. The van der Waals surface area contributed by atoms with Gasteiger partial charge in [-0.1, -0.05) is 136 Å². The van der Waals surface area contributed by atoms with Gasteiger partial charge in [0.1, 0.15) is 0 Å². The second kappa shape index (κ2) is 24.2. The highest BCUT2D eigenvalue weighted by Gasteiger charge is 2.27. The van der Waals surface area contributed by atoms with Crippen molar-refractivity contribution in [3.8, 4) is 0 Å². The van der Waals surface area contributed by atoms with E-state index in [-0.39, 0.29) is 0 Å². The van der Waals surface area contributed by atoms with Crippen LogP contribution in [0.3, 0.4) is 0 Å². The summed E-state index contributed by atoms with van der Waals surface area (Å²) in [6.07, 6.45) is 25.5. The van der Waals surface area contributed by atoms with E-state index >= 15 is 0 Å². The van der Waals surface area contributed by atoms with E-state index in [2.05, 4.69) is 25.4 Å². The monoisotopic (exact) mass is 477 g/mol. The molecule has 0 aromatic heterocycles. The molecule has 0 aromatic rings. The molecule has 32 heavy (non-hydrogen) atoms. The second-order valence-electron chi connectivity index (χ2n) is 9.40. The van der Waals surface area contributed by atoms with Crippen LogP contribution >= 0.6 is 7.82 Å². The maximum atomic E-state index is 12.4. The Bertz CT molecular complexity index is 423. The SMILES string of the molecule is CCCCCCCCCCCCCCCCCCOP(=O)(ON)OCC(CC)CCCC.